The number of hydrogen-bond donors (Lipinski definition) is 0. The van der Waals surface area contributed by atoms with Crippen LogP contribution in [0.1, 0.15) is 17.9 Å². The predicted molar refractivity (Wildman–Crippen MR) is 72.8 cm³/mol. The van der Waals surface area contributed by atoms with Crippen molar-refractivity contribution in [2.24, 2.45) is 0 Å². The van der Waals surface area contributed by atoms with Crippen LogP contribution in [-0.4, -0.2) is 37.0 Å². The van der Waals surface area contributed by atoms with Gasteiger partial charge in [-0.1, -0.05) is 29.3 Å². The van der Waals surface area contributed by atoms with E-state index in [1.165, 1.54) is 4.90 Å². The van der Waals surface area contributed by atoms with Crippen LogP contribution in [0, 0.1) is 0 Å². The molecule has 0 aliphatic carbocycles. The van der Waals surface area contributed by atoms with E-state index in [0.29, 0.717) is 16.5 Å². The Balaban J connectivity index is 2.31. The highest BCUT2D eigenvalue weighted by molar-refractivity contribution is 6.42. The van der Waals surface area contributed by atoms with E-state index in [1.807, 2.05) is 6.07 Å². The molecule has 1 aliphatic heterocycles. The normalized spacial score (nSPS) is 20.3. The lowest BCUT2D eigenvalue weighted by Gasteiger charge is -2.25. The molecule has 1 saturated heterocycles. The largest absolute Gasteiger partial charge is 0.447 e. The van der Waals surface area contributed by atoms with Crippen LogP contribution in [0.2, 0.25) is 10.0 Å². The number of amides is 1. The van der Waals surface area contributed by atoms with E-state index in [4.69, 9.17) is 27.9 Å². The van der Waals surface area contributed by atoms with Gasteiger partial charge in [-0.25, -0.2) is 4.79 Å². The molecule has 0 saturated carbocycles. The standard InChI is InChI=1S/C13H13Cl2NO3/c1-16-12(7-19-13(16)18)9(4-5-17)8-2-3-10(14)11(15)6-8/h2-3,5-6,9,12H,4,7H2,1H3/t9-,12?/m0/s1. The van der Waals surface area contributed by atoms with Gasteiger partial charge in [-0.05, 0) is 17.7 Å². The Morgan fingerprint density at radius 3 is 2.74 bits per heavy atom. The Morgan fingerprint density at radius 2 is 2.21 bits per heavy atom. The fourth-order valence-corrected chi connectivity index (χ4v) is 2.56. The van der Waals surface area contributed by atoms with E-state index in [1.54, 1.807) is 19.2 Å². The topological polar surface area (TPSA) is 46.6 Å². The summed E-state index contributed by atoms with van der Waals surface area (Å²) in [5, 5.41) is 0.894. The number of hydrogen-bond acceptors (Lipinski definition) is 3. The van der Waals surface area contributed by atoms with Crippen molar-refractivity contribution < 1.29 is 14.3 Å². The quantitative estimate of drug-likeness (QED) is 0.803. The lowest BCUT2D eigenvalue weighted by Crippen LogP contribution is -2.35. The number of likely N-dealkylation sites (N-methyl/N-ethyl adjacent to an activating group) is 1. The first-order valence-electron chi connectivity index (χ1n) is 5.82. The Bertz CT molecular complexity index is 507. The number of carbonyl (C=O) groups excluding carboxylic acids is 2. The molecule has 1 amide bonds. The summed E-state index contributed by atoms with van der Waals surface area (Å²) in [6, 6.07) is 5.07. The lowest BCUT2D eigenvalue weighted by atomic mass is 9.89. The van der Waals surface area contributed by atoms with Gasteiger partial charge in [0.2, 0.25) is 0 Å². The molecule has 1 aliphatic rings. The van der Waals surface area contributed by atoms with Crippen molar-refractivity contribution in [1.82, 2.24) is 4.90 Å². The SMILES string of the molecule is CN1C(=O)OCC1[C@@H](CC=O)c1ccc(Cl)c(Cl)c1. The molecule has 6 heteroatoms. The molecule has 1 fully saturated rings. The van der Waals surface area contributed by atoms with Gasteiger partial charge in [0, 0.05) is 19.4 Å². The number of carbonyl (C=O) groups is 2. The number of aldehydes is 1. The zero-order valence-corrected chi connectivity index (χ0v) is 11.8. The number of ether oxygens (including phenoxy) is 1. The molecular weight excluding hydrogens is 289 g/mol. The summed E-state index contributed by atoms with van der Waals surface area (Å²) < 4.78 is 4.99. The summed E-state index contributed by atoms with van der Waals surface area (Å²) in [5.41, 5.74) is 0.872. The highest BCUT2D eigenvalue weighted by Gasteiger charge is 2.36. The fourth-order valence-electron chi connectivity index (χ4n) is 2.25. The van der Waals surface area contributed by atoms with Crippen LogP contribution in [0.25, 0.3) is 0 Å². The molecule has 1 aromatic carbocycles. The van der Waals surface area contributed by atoms with Gasteiger partial charge in [0.1, 0.15) is 12.9 Å². The molecule has 1 unspecified atom stereocenters. The van der Waals surface area contributed by atoms with Crippen LogP contribution in [0.15, 0.2) is 18.2 Å². The Morgan fingerprint density at radius 1 is 1.47 bits per heavy atom. The van der Waals surface area contributed by atoms with Crippen molar-refractivity contribution in [3.8, 4) is 0 Å². The lowest BCUT2D eigenvalue weighted by molar-refractivity contribution is -0.108. The first kappa shape index (κ1) is 14.2. The van der Waals surface area contributed by atoms with Crippen molar-refractivity contribution in [1.29, 1.82) is 0 Å². The van der Waals surface area contributed by atoms with Gasteiger partial charge in [-0.3, -0.25) is 0 Å². The van der Waals surface area contributed by atoms with Crippen LogP contribution >= 0.6 is 23.2 Å². The second-order valence-corrected chi connectivity index (χ2v) is 5.25. The van der Waals surface area contributed by atoms with E-state index >= 15 is 0 Å². The molecular formula is C13H13Cl2NO3. The van der Waals surface area contributed by atoms with Crippen molar-refractivity contribution in [2.45, 2.75) is 18.4 Å². The maximum atomic E-state index is 11.4. The van der Waals surface area contributed by atoms with Crippen molar-refractivity contribution >= 4 is 35.6 Å². The van der Waals surface area contributed by atoms with Crippen LogP contribution in [0.5, 0.6) is 0 Å². The number of nitrogens with zero attached hydrogens (tertiary/aromatic N) is 1. The zero-order valence-electron chi connectivity index (χ0n) is 10.3. The first-order chi connectivity index (χ1) is 9.04. The van der Waals surface area contributed by atoms with Crippen LogP contribution < -0.4 is 0 Å². The highest BCUT2D eigenvalue weighted by atomic mass is 35.5. The summed E-state index contributed by atoms with van der Waals surface area (Å²) >= 11 is 11.9. The third-order valence-corrected chi connectivity index (χ3v) is 4.09. The highest BCUT2D eigenvalue weighted by Crippen LogP contribution is 2.33. The van der Waals surface area contributed by atoms with E-state index in [-0.39, 0.29) is 24.7 Å². The summed E-state index contributed by atoms with van der Waals surface area (Å²) in [5.74, 6) is -0.149. The van der Waals surface area contributed by atoms with Gasteiger partial charge in [0.15, 0.2) is 0 Å². The van der Waals surface area contributed by atoms with Gasteiger partial charge in [0.05, 0.1) is 16.1 Å². The minimum atomic E-state index is -0.374. The monoisotopic (exact) mass is 301 g/mol. The summed E-state index contributed by atoms with van der Waals surface area (Å²) in [7, 11) is 1.66. The van der Waals surface area contributed by atoms with E-state index in [2.05, 4.69) is 0 Å². The molecule has 0 radical (unpaired) electrons. The van der Waals surface area contributed by atoms with Crippen LogP contribution in [0.4, 0.5) is 4.79 Å². The van der Waals surface area contributed by atoms with E-state index in [9.17, 15) is 9.59 Å². The van der Waals surface area contributed by atoms with Gasteiger partial charge < -0.3 is 14.4 Å². The fraction of sp³-hybridized carbons (Fsp3) is 0.385. The average Bonchev–Trinajstić information content (AvgIpc) is 2.71. The number of rotatable bonds is 4. The maximum absolute atomic E-state index is 11.4. The molecule has 2 atom stereocenters. The van der Waals surface area contributed by atoms with Gasteiger partial charge in [0.25, 0.3) is 0 Å². The first-order valence-corrected chi connectivity index (χ1v) is 6.58. The van der Waals surface area contributed by atoms with Crippen LogP contribution in [0.3, 0.4) is 0 Å². The minimum Gasteiger partial charge on any atom is -0.447 e. The average molecular weight is 302 g/mol. The molecule has 19 heavy (non-hydrogen) atoms. The second kappa shape index (κ2) is 5.80. The third kappa shape index (κ3) is 2.85. The van der Waals surface area contributed by atoms with E-state index < -0.39 is 0 Å². The summed E-state index contributed by atoms with van der Waals surface area (Å²) in [6.45, 7) is 0.272. The second-order valence-electron chi connectivity index (χ2n) is 4.44. The number of halogens is 2. The number of benzene rings is 1. The van der Waals surface area contributed by atoms with Crippen molar-refractivity contribution in [2.75, 3.05) is 13.7 Å². The van der Waals surface area contributed by atoms with Crippen molar-refractivity contribution in [3.05, 3.63) is 33.8 Å². The molecule has 1 aromatic rings. The maximum Gasteiger partial charge on any atom is 0.409 e. The molecule has 102 valence electrons. The molecule has 0 bridgehead atoms. The Hall–Kier alpha value is -1.26. The van der Waals surface area contributed by atoms with Gasteiger partial charge in [-0.2, -0.15) is 0 Å². The summed E-state index contributed by atoms with van der Waals surface area (Å²) in [6.07, 6.45) is 0.758. The summed E-state index contributed by atoms with van der Waals surface area (Å²) in [4.78, 5) is 23.8. The molecule has 0 spiro atoms. The minimum absolute atomic E-state index is 0.149. The number of cyclic esters (lactones) is 1. The third-order valence-electron chi connectivity index (χ3n) is 3.35. The van der Waals surface area contributed by atoms with Gasteiger partial charge in [-0.15, -0.1) is 0 Å². The van der Waals surface area contributed by atoms with Crippen molar-refractivity contribution in [3.63, 3.8) is 0 Å². The zero-order chi connectivity index (χ0) is 14.0. The molecule has 1 heterocycles. The molecule has 4 nitrogen and oxygen atoms in total. The smallest absolute Gasteiger partial charge is 0.409 e. The Labute approximate surface area is 121 Å². The molecule has 0 N–H and O–H groups in total. The predicted octanol–water partition coefficient (Wildman–Crippen LogP) is 3.12. The molecule has 0 aromatic heterocycles. The van der Waals surface area contributed by atoms with E-state index in [0.717, 1.165) is 11.8 Å². The Kier molecular flexibility index (Phi) is 4.32. The van der Waals surface area contributed by atoms with Crippen LogP contribution in [-0.2, 0) is 9.53 Å². The molecule has 2 rings (SSSR count). The van der Waals surface area contributed by atoms with Gasteiger partial charge >= 0.3 is 6.09 Å².